The first-order valence-electron chi connectivity index (χ1n) is 5.90. The molecule has 17 heavy (non-hydrogen) atoms. The summed E-state index contributed by atoms with van der Waals surface area (Å²) in [6.45, 7) is 3.05. The number of nitrogens with one attached hydrogen (secondary N) is 1. The summed E-state index contributed by atoms with van der Waals surface area (Å²) in [7, 11) is 0. The lowest BCUT2D eigenvalue weighted by atomic mass is 10.1. The van der Waals surface area contributed by atoms with E-state index in [9.17, 15) is 0 Å². The molecule has 2 rings (SSSR count). The molecule has 0 radical (unpaired) electrons. The second kappa shape index (κ2) is 5.39. The van der Waals surface area contributed by atoms with Crippen LogP contribution in [0.25, 0.3) is 0 Å². The predicted molar refractivity (Wildman–Crippen MR) is 74.2 cm³/mol. The van der Waals surface area contributed by atoms with Crippen LogP contribution in [-0.4, -0.2) is 6.54 Å². The predicted octanol–water partition coefficient (Wildman–Crippen LogP) is 3.23. The van der Waals surface area contributed by atoms with Gasteiger partial charge in [0.2, 0.25) is 0 Å². The highest BCUT2D eigenvalue weighted by Gasteiger charge is 1.98. The number of hydrogen-bond donors (Lipinski definition) is 2. The molecular weight excluding hydrogens is 208 g/mol. The van der Waals surface area contributed by atoms with Gasteiger partial charge >= 0.3 is 0 Å². The van der Waals surface area contributed by atoms with Gasteiger partial charge in [0.1, 0.15) is 0 Å². The van der Waals surface area contributed by atoms with Crippen LogP contribution in [-0.2, 0) is 6.42 Å². The molecule has 0 fully saturated rings. The van der Waals surface area contributed by atoms with Crippen LogP contribution >= 0.6 is 0 Å². The van der Waals surface area contributed by atoms with E-state index in [0.29, 0.717) is 0 Å². The van der Waals surface area contributed by atoms with E-state index in [2.05, 4.69) is 36.5 Å². The van der Waals surface area contributed by atoms with E-state index in [1.165, 1.54) is 11.1 Å². The topological polar surface area (TPSA) is 38.0 Å². The molecule has 2 aromatic carbocycles. The number of rotatable bonds is 4. The van der Waals surface area contributed by atoms with Crippen molar-refractivity contribution >= 4 is 11.4 Å². The molecule has 2 nitrogen and oxygen atoms in total. The fourth-order valence-electron chi connectivity index (χ4n) is 1.88. The number of nitrogen functional groups attached to an aromatic ring is 1. The lowest BCUT2D eigenvalue weighted by Crippen LogP contribution is -2.07. The quantitative estimate of drug-likeness (QED) is 0.785. The van der Waals surface area contributed by atoms with Crippen LogP contribution in [0, 0.1) is 6.92 Å². The SMILES string of the molecule is Cc1ccccc1CCNc1ccccc1N. The van der Waals surface area contributed by atoms with Gasteiger partial charge in [-0.3, -0.25) is 0 Å². The van der Waals surface area contributed by atoms with E-state index < -0.39 is 0 Å². The monoisotopic (exact) mass is 226 g/mol. The summed E-state index contributed by atoms with van der Waals surface area (Å²) in [4.78, 5) is 0. The highest BCUT2D eigenvalue weighted by atomic mass is 14.9. The zero-order valence-electron chi connectivity index (χ0n) is 10.1. The van der Waals surface area contributed by atoms with Crippen molar-refractivity contribution in [3.05, 3.63) is 59.7 Å². The van der Waals surface area contributed by atoms with Crippen LogP contribution in [0.1, 0.15) is 11.1 Å². The maximum absolute atomic E-state index is 5.87. The minimum absolute atomic E-state index is 0.803. The van der Waals surface area contributed by atoms with Crippen LogP contribution in [0.4, 0.5) is 11.4 Å². The van der Waals surface area contributed by atoms with Crippen molar-refractivity contribution < 1.29 is 0 Å². The van der Waals surface area contributed by atoms with Gasteiger partial charge in [0, 0.05) is 6.54 Å². The number of hydrogen-bond acceptors (Lipinski definition) is 2. The minimum atomic E-state index is 0.803. The number of benzene rings is 2. The van der Waals surface area contributed by atoms with Gasteiger partial charge in [-0.1, -0.05) is 36.4 Å². The van der Waals surface area contributed by atoms with Crippen LogP contribution in [0.3, 0.4) is 0 Å². The van der Waals surface area contributed by atoms with Crippen molar-refractivity contribution in [1.29, 1.82) is 0 Å². The first-order valence-corrected chi connectivity index (χ1v) is 5.90. The van der Waals surface area contributed by atoms with Crippen LogP contribution in [0.5, 0.6) is 0 Å². The van der Waals surface area contributed by atoms with Crippen molar-refractivity contribution in [2.24, 2.45) is 0 Å². The van der Waals surface area contributed by atoms with Crippen molar-refractivity contribution in [1.82, 2.24) is 0 Å². The molecule has 2 heteroatoms. The Bertz CT molecular complexity index is 446. The van der Waals surface area contributed by atoms with Gasteiger partial charge in [0.05, 0.1) is 11.4 Å². The second-order valence-corrected chi connectivity index (χ2v) is 4.19. The Hall–Kier alpha value is -1.96. The third kappa shape index (κ3) is 3.00. The Kier molecular flexibility index (Phi) is 3.66. The number of nitrogens with two attached hydrogens (primary N) is 1. The average molecular weight is 226 g/mol. The van der Waals surface area contributed by atoms with E-state index >= 15 is 0 Å². The summed E-state index contributed by atoms with van der Waals surface area (Å²) < 4.78 is 0. The zero-order chi connectivity index (χ0) is 12.1. The van der Waals surface area contributed by atoms with Crippen molar-refractivity contribution in [3.8, 4) is 0 Å². The molecule has 0 atom stereocenters. The summed E-state index contributed by atoms with van der Waals surface area (Å²) in [5, 5.41) is 3.36. The molecule has 0 aliphatic rings. The lowest BCUT2D eigenvalue weighted by molar-refractivity contribution is 1.01. The highest BCUT2D eigenvalue weighted by Crippen LogP contribution is 2.16. The number of aryl methyl sites for hydroxylation is 1. The molecule has 0 aliphatic heterocycles. The number of anilines is 2. The number of para-hydroxylation sites is 2. The Morgan fingerprint density at radius 2 is 1.71 bits per heavy atom. The van der Waals surface area contributed by atoms with Crippen LogP contribution in [0.2, 0.25) is 0 Å². The lowest BCUT2D eigenvalue weighted by Gasteiger charge is -2.10. The van der Waals surface area contributed by atoms with Gasteiger partial charge in [-0.05, 0) is 36.6 Å². The van der Waals surface area contributed by atoms with E-state index in [0.717, 1.165) is 24.3 Å². The van der Waals surface area contributed by atoms with Crippen molar-refractivity contribution in [2.75, 3.05) is 17.6 Å². The molecule has 0 aromatic heterocycles. The molecule has 0 amide bonds. The Balaban J connectivity index is 1.93. The van der Waals surface area contributed by atoms with Gasteiger partial charge in [-0.15, -0.1) is 0 Å². The average Bonchev–Trinajstić information content (AvgIpc) is 2.34. The molecule has 3 N–H and O–H groups in total. The fourth-order valence-corrected chi connectivity index (χ4v) is 1.88. The smallest absolute Gasteiger partial charge is 0.0574 e. The molecule has 0 bridgehead atoms. The highest BCUT2D eigenvalue weighted by molar-refractivity contribution is 5.65. The zero-order valence-corrected chi connectivity index (χ0v) is 10.1. The molecule has 0 saturated heterocycles. The van der Waals surface area contributed by atoms with E-state index in [-0.39, 0.29) is 0 Å². The maximum Gasteiger partial charge on any atom is 0.0574 e. The second-order valence-electron chi connectivity index (χ2n) is 4.19. The molecule has 0 unspecified atom stereocenters. The van der Waals surface area contributed by atoms with Crippen LogP contribution < -0.4 is 11.1 Å². The first-order chi connectivity index (χ1) is 8.27. The Morgan fingerprint density at radius 1 is 1.00 bits per heavy atom. The third-order valence-electron chi connectivity index (χ3n) is 2.93. The van der Waals surface area contributed by atoms with E-state index in [1.807, 2.05) is 24.3 Å². The molecule has 0 spiro atoms. The normalized spacial score (nSPS) is 10.2. The van der Waals surface area contributed by atoms with Gasteiger partial charge < -0.3 is 11.1 Å². The van der Waals surface area contributed by atoms with Crippen molar-refractivity contribution in [2.45, 2.75) is 13.3 Å². The minimum Gasteiger partial charge on any atom is -0.397 e. The Morgan fingerprint density at radius 3 is 2.47 bits per heavy atom. The van der Waals surface area contributed by atoms with E-state index in [1.54, 1.807) is 0 Å². The third-order valence-corrected chi connectivity index (χ3v) is 2.93. The van der Waals surface area contributed by atoms with E-state index in [4.69, 9.17) is 5.73 Å². The summed E-state index contributed by atoms with van der Waals surface area (Å²) in [6.07, 6.45) is 1.01. The van der Waals surface area contributed by atoms with Gasteiger partial charge in [-0.25, -0.2) is 0 Å². The fraction of sp³-hybridized carbons (Fsp3) is 0.200. The summed E-state index contributed by atoms with van der Waals surface area (Å²) in [6, 6.07) is 16.3. The Labute approximate surface area is 102 Å². The summed E-state index contributed by atoms with van der Waals surface area (Å²) >= 11 is 0. The van der Waals surface area contributed by atoms with Gasteiger partial charge in [0.25, 0.3) is 0 Å². The maximum atomic E-state index is 5.87. The largest absolute Gasteiger partial charge is 0.397 e. The molecule has 0 saturated carbocycles. The molecule has 0 heterocycles. The molecule has 2 aromatic rings. The molecular formula is C15H18N2. The van der Waals surface area contributed by atoms with Crippen LogP contribution in [0.15, 0.2) is 48.5 Å². The van der Waals surface area contributed by atoms with Gasteiger partial charge in [-0.2, -0.15) is 0 Å². The molecule has 0 aliphatic carbocycles. The first kappa shape index (κ1) is 11.5. The summed E-state index contributed by atoms with van der Waals surface area (Å²) in [5.41, 5.74) is 10.4. The molecule has 88 valence electrons. The summed E-state index contributed by atoms with van der Waals surface area (Å²) in [5.74, 6) is 0. The van der Waals surface area contributed by atoms with Gasteiger partial charge in [0.15, 0.2) is 0 Å². The standard InChI is InChI=1S/C15H18N2/c1-12-6-2-3-7-13(12)10-11-17-15-9-5-4-8-14(15)16/h2-9,17H,10-11,16H2,1H3. The van der Waals surface area contributed by atoms with Crippen molar-refractivity contribution in [3.63, 3.8) is 0 Å².